The van der Waals surface area contributed by atoms with Crippen molar-refractivity contribution in [2.45, 2.75) is 39.3 Å². The largest absolute Gasteiger partial charge is 0.444 e. The van der Waals surface area contributed by atoms with Gasteiger partial charge in [0.2, 0.25) is 0 Å². The molecular formula is C11H20N2O3. The lowest BCUT2D eigenvalue weighted by Gasteiger charge is -2.35. The molecule has 5 heteroatoms. The Morgan fingerprint density at radius 1 is 1.38 bits per heavy atom. The number of nitrogens with one attached hydrogen (secondary N) is 1. The van der Waals surface area contributed by atoms with Gasteiger partial charge in [-0.3, -0.25) is 9.69 Å². The van der Waals surface area contributed by atoms with Crippen LogP contribution in [0.5, 0.6) is 0 Å². The molecule has 1 atom stereocenters. The molecule has 1 saturated heterocycles. The Labute approximate surface area is 96.1 Å². The molecule has 1 N–H and O–H groups in total. The van der Waals surface area contributed by atoms with Gasteiger partial charge in [-0.25, -0.2) is 4.79 Å². The third kappa shape index (κ3) is 3.48. The molecule has 0 bridgehead atoms. The van der Waals surface area contributed by atoms with Gasteiger partial charge in [-0.15, -0.1) is 0 Å². The van der Waals surface area contributed by atoms with E-state index in [0.29, 0.717) is 19.6 Å². The van der Waals surface area contributed by atoms with Gasteiger partial charge in [0.05, 0.1) is 0 Å². The van der Waals surface area contributed by atoms with E-state index < -0.39 is 17.7 Å². The highest BCUT2D eigenvalue weighted by molar-refractivity contribution is 5.86. The summed E-state index contributed by atoms with van der Waals surface area (Å²) in [5.74, 6) is -0.0157. The number of ether oxygens (including phenoxy) is 1. The lowest BCUT2D eigenvalue weighted by Crippen LogP contribution is -2.57. The maximum Gasteiger partial charge on any atom is 0.410 e. The van der Waals surface area contributed by atoms with Gasteiger partial charge < -0.3 is 10.1 Å². The van der Waals surface area contributed by atoms with Crippen LogP contribution in [0.1, 0.15) is 27.7 Å². The Morgan fingerprint density at radius 3 is 2.50 bits per heavy atom. The first kappa shape index (κ1) is 13.0. The zero-order chi connectivity index (χ0) is 12.3. The van der Waals surface area contributed by atoms with Crippen molar-refractivity contribution in [3.63, 3.8) is 0 Å². The molecule has 16 heavy (non-hydrogen) atoms. The first-order chi connectivity index (χ1) is 7.31. The molecule has 92 valence electrons. The highest BCUT2D eigenvalue weighted by Gasteiger charge is 2.32. The van der Waals surface area contributed by atoms with Gasteiger partial charge in [0, 0.05) is 19.6 Å². The number of nitrogens with zero attached hydrogens (tertiary/aromatic N) is 1. The minimum atomic E-state index is -0.525. The highest BCUT2D eigenvalue weighted by Crippen LogP contribution is 2.13. The summed E-state index contributed by atoms with van der Waals surface area (Å²) in [5, 5.41) is 3.09. The van der Waals surface area contributed by atoms with E-state index >= 15 is 0 Å². The van der Waals surface area contributed by atoms with Crippen molar-refractivity contribution < 1.29 is 14.3 Å². The van der Waals surface area contributed by atoms with E-state index in [1.807, 2.05) is 20.8 Å². The van der Waals surface area contributed by atoms with Crippen LogP contribution in [0.2, 0.25) is 0 Å². The zero-order valence-corrected chi connectivity index (χ0v) is 10.4. The Balaban J connectivity index is 2.68. The van der Waals surface area contributed by atoms with Gasteiger partial charge in [-0.2, -0.15) is 0 Å². The van der Waals surface area contributed by atoms with E-state index in [-0.39, 0.29) is 5.78 Å². The van der Waals surface area contributed by atoms with Crippen LogP contribution in [-0.2, 0) is 9.53 Å². The van der Waals surface area contributed by atoms with Gasteiger partial charge in [0.15, 0.2) is 5.78 Å². The number of amides is 1. The van der Waals surface area contributed by atoms with Crippen molar-refractivity contribution in [1.82, 2.24) is 10.2 Å². The number of carbonyl (C=O) groups is 2. The number of ketones is 1. The van der Waals surface area contributed by atoms with Crippen LogP contribution in [0.25, 0.3) is 0 Å². The number of hydrogen-bond acceptors (Lipinski definition) is 4. The first-order valence-electron chi connectivity index (χ1n) is 5.52. The van der Waals surface area contributed by atoms with E-state index in [1.165, 1.54) is 11.8 Å². The van der Waals surface area contributed by atoms with E-state index in [1.54, 1.807) is 0 Å². The molecule has 0 aromatic heterocycles. The van der Waals surface area contributed by atoms with E-state index in [2.05, 4.69) is 5.32 Å². The molecule has 1 amide bonds. The van der Waals surface area contributed by atoms with Crippen LogP contribution >= 0.6 is 0 Å². The second-order valence-corrected chi connectivity index (χ2v) is 5.00. The highest BCUT2D eigenvalue weighted by atomic mass is 16.6. The maximum absolute atomic E-state index is 11.9. The van der Waals surface area contributed by atoms with Gasteiger partial charge in [0.25, 0.3) is 0 Å². The summed E-state index contributed by atoms with van der Waals surface area (Å²) < 4.78 is 5.26. The normalized spacial score (nSPS) is 21.8. The fourth-order valence-electron chi connectivity index (χ4n) is 1.61. The predicted octanol–water partition coefficient (Wildman–Crippen LogP) is 0.784. The molecule has 1 fully saturated rings. The molecule has 0 aromatic carbocycles. The standard InChI is InChI=1S/C11H20N2O3/c1-8(14)9-7-12-5-6-13(9)10(15)16-11(2,3)4/h9,12H,5-7H2,1-4H3. The molecule has 1 aliphatic heterocycles. The van der Waals surface area contributed by atoms with Crippen LogP contribution in [0.15, 0.2) is 0 Å². The summed E-state index contributed by atoms with van der Waals surface area (Å²) in [6.07, 6.45) is -0.408. The Bertz CT molecular complexity index is 283. The molecule has 1 aliphatic rings. The summed E-state index contributed by atoms with van der Waals surface area (Å²) in [4.78, 5) is 24.7. The topological polar surface area (TPSA) is 58.6 Å². The molecule has 1 heterocycles. The zero-order valence-electron chi connectivity index (χ0n) is 10.4. The number of hydrogen-bond donors (Lipinski definition) is 1. The van der Waals surface area contributed by atoms with Gasteiger partial charge in [0.1, 0.15) is 11.6 Å². The molecule has 0 aromatic rings. The SMILES string of the molecule is CC(=O)C1CNCCN1C(=O)OC(C)(C)C. The van der Waals surface area contributed by atoms with E-state index in [4.69, 9.17) is 4.74 Å². The average molecular weight is 228 g/mol. The monoisotopic (exact) mass is 228 g/mol. The summed E-state index contributed by atoms with van der Waals surface area (Å²) in [6.45, 7) is 8.66. The Morgan fingerprint density at radius 2 is 2.00 bits per heavy atom. The summed E-state index contributed by atoms with van der Waals surface area (Å²) in [6, 6.07) is -0.399. The van der Waals surface area contributed by atoms with Crippen molar-refractivity contribution >= 4 is 11.9 Å². The molecular weight excluding hydrogens is 208 g/mol. The second kappa shape index (κ2) is 4.82. The molecule has 1 unspecified atom stereocenters. The molecule has 0 saturated carbocycles. The first-order valence-corrected chi connectivity index (χ1v) is 5.52. The van der Waals surface area contributed by atoms with Crippen molar-refractivity contribution in [1.29, 1.82) is 0 Å². The van der Waals surface area contributed by atoms with E-state index in [9.17, 15) is 9.59 Å². The summed E-state index contributed by atoms with van der Waals surface area (Å²) in [5.41, 5.74) is -0.525. The van der Waals surface area contributed by atoms with Crippen molar-refractivity contribution in [3.05, 3.63) is 0 Å². The number of Topliss-reactive ketones (excluding diaryl/α,β-unsaturated/α-hetero) is 1. The minimum Gasteiger partial charge on any atom is -0.444 e. The average Bonchev–Trinajstić information content (AvgIpc) is 2.15. The number of rotatable bonds is 1. The minimum absolute atomic E-state index is 0.0157. The number of piperazine rings is 1. The predicted molar refractivity (Wildman–Crippen MR) is 60.3 cm³/mol. The molecule has 0 aliphatic carbocycles. The fourth-order valence-corrected chi connectivity index (χ4v) is 1.61. The Kier molecular flexibility index (Phi) is 3.91. The smallest absolute Gasteiger partial charge is 0.410 e. The Hall–Kier alpha value is -1.10. The quantitative estimate of drug-likeness (QED) is 0.720. The van der Waals surface area contributed by atoms with Gasteiger partial charge in [-0.1, -0.05) is 0 Å². The third-order valence-electron chi connectivity index (χ3n) is 2.34. The van der Waals surface area contributed by atoms with Crippen LogP contribution in [0.4, 0.5) is 4.79 Å². The van der Waals surface area contributed by atoms with Gasteiger partial charge >= 0.3 is 6.09 Å². The van der Waals surface area contributed by atoms with Crippen molar-refractivity contribution in [2.75, 3.05) is 19.6 Å². The molecule has 1 rings (SSSR count). The third-order valence-corrected chi connectivity index (χ3v) is 2.34. The lowest BCUT2D eigenvalue weighted by molar-refractivity contribution is -0.122. The van der Waals surface area contributed by atoms with Gasteiger partial charge in [-0.05, 0) is 27.7 Å². The van der Waals surface area contributed by atoms with Crippen molar-refractivity contribution in [3.8, 4) is 0 Å². The van der Waals surface area contributed by atoms with Crippen LogP contribution in [-0.4, -0.2) is 48.1 Å². The van der Waals surface area contributed by atoms with E-state index in [0.717, 1.165) is 0 Å². The maximum atomic E-state index is 11.9. The summed E-state index contributed by atoms with van der Waals surface area (Å²) in [7, 11) is 0. The number of carbonyl (C=O) groups excluding carboxylic acids is 2. The second-order valence-electron chi connectivity index (χ2n) is 5.00. The molecule has 0 radical (unpaired) electrons. The molecule has 5 nitrogen and oxygen atoms in total. The summed E-state index contributed by atoms with van der Waals surface area (Å²) >= 11 is 0. The fraction of sp³-hybridized carbons (Fsp3) is 0.818. The van der Waals surface area contributed by atoms with Crippen LogP contribution in [0.3, 0.4) is 0 Å². The van der Waals surface area contributed by atoms with Crippen LogP contribution in [0, 0.1) is 0 Å². The van der Waals surface area contributed by atoms with Crippen molar-refractivity contribution in [2.24, 2.45) is 0 Å². The van der Waals surface area contributed by atoms with Crippen LogP contribution < -0.4 is 5.32 Å². The lowest BCUT2D eigenvalue weighted by atomic mass is 10.1. The molecule has 0 spiro atoms.